The van der Waals surface area contributed by atoms with Crippen LogP contribution in [0.3, 0.4) is 0 Å². The summed E-state index contributed by atoms with van der Waals surface area (Å²) in [5.41, 5.74) is 2.89. The Morgan fingerprint density at radius 2 is 2.08 bits per heavy atom. The van der Waals surface area contributed by atoms with Gasteiger partial charge in [0.25, 0.3) is 0 Å². The quantitative estimate of drug-likeness (QED) is 0.745. The van der Waals surface area contributed by atoms with Crippen molar-refractivity contribution in [2.45, 2.75) is 19.4 Å². The molecule has 124 valence electrons. The number of aromatic nitrogens is 3. The van der Waals surface area contributed by atoms with Crippen LogP contribution in [0.1, 0.15) is 18.4 Å². The van der Waals surface area contributed by atoms with Crippen LogP contribution in [0.5, 0.6) is 0 Å². The molecule has 0 bridgehead atoms. The van der Waals surface area contributed by atoms with Crippen LogP contribution in [0, 0.1) is 0 Å². The molecule has 0 spiro atoms. The predicted molar refractivity (Wildman–Crippen MR) is 97.1 cm³/mol. The van der Waals surface area contributed by atoms with Gasteiger partial charge >= 0.3 is 0 Å². The summed E-state index contributed by atoms with van der Waals surface area (Å²) in [6, 6.07) is 13.8. The number of nitrogens with zero attached hydrogens (tertiary/aromatic N) is 4. The van der Waals surface area contributed by atoms with Crippen LogP contribution >= 0.6 is 0 Å². The first-order chi connectivity index (χ1) is 12.3. The van der Waals surface area contributed by atoms with Crippen LogP contribution in [0.15, 0.2) is 59.9 Å². The molecular formula is C19H17N5O. The molecule has 0 radical (unpaired) electrons. The minimum atomic E-state index is -0.452. The van der Waals surface area contributed by atoms with Gasteiger partial charge < -0.3 is 5.32 Å². The number of carbonyl (C=O) groups is 1. The molecule has 1 N–H and O–H groups in total. The van der Waals surface area contributed by atoms with Crippen molar-refractivity contribution >= 4 is 23.8 Å². The van der Waals surface area contributed by atoms with Crippen molar-refractivity contribution < 1.29 is 4.79 Å². The van der Waals surface area contributed by atoms with Gasteiger partial charge in [-0.1, -0.05) is 30.3 Å². The van der Waals surface area contributed by atoms with Gasteiger partial charge in [-0.15, -0.1) is 0 Å². The van der Waals surface area contributed by atoms with Crippen LogP contribution in [0.2, 0.25) is 0 Å². The molecule has 1 aromatic carbocycles. The second-order valence-corrected chi connectivity index (χ2v) is 5.78. The summed E-state index contributed by atoms with van der Waals surface area (Å²) in [4.78, 5) is 21.2. The molecule has 1 aliphatic rings. The molecule has 1 atom stereocenters. The van der Waals surface area contributed by atoms with Crippen molar-refractivity contribution in [2.24, 2.45) is 4.99 Å². The van der Waals surface area contributed by atoms with E-state index in [0.717, 1.165) is 29.1 Å². The van der Waals surface area contributed by atoms with E-state index < -0.39 is 5.92 Å². The van der Waals surface area contributed by atoms with E-state index in [-0.39, 0.29) is 5.91 Å². The molecule has 2 aromatic heterocycles. The molecule has 3 aromatic rings. The number of nitrogens with one attached hydrogen (secondary N) is 1. The SMILES string of the molecule is CCn1nccc1N=CC1C(=O)Nc2ncc(-c3ccccc3)cc21. The van der Waals surface area contributed by atoms with Crippen molar-refractivity contribution in [3.8, 4) is 11.1 Å². The van der Waals surface area contributed by atoms with Crippen molar-refractivity contribution in [2.75, 3.05) is 5.32 Å². The molecule has 0 aliphatic carbocycles. The first-order valence-corrected chi connectivity index (χ1v) is 8.18. The van der Waals surface area contributed by atoms with Crippen LogP contribution in [0.25, 0.3) is 11.1 Å². The number of fused-ring (bicyclic) bond motifs is 1. The number of rotatable bonds is 4. The molecule has 6 nitrogen and oxygen atoms in total. The summed E-state index contributed by atoms with van der Waals surface area (Å²) in [7, 11) is 0. The van der Waals surface area contributed by atoms with Gasteiger partial charge in [-0.25, -0.2) is 14.7 Å². The predicted octanol–water partition coefficient (Wildman–Crippen LogP) is 3.40. The number of hydrogen-bond acceptors (Lipinski definition) is 4. The number of anilines is 1. The Kier molecular flexibility index (Phi) is 3.85. The average molecular weight is 331 g/mol. The van der Waals surface area contributed by atoms with E-state index in [1.54, 1.807) is 23.3 Å². The number of amides is 1. The fourth-order valence-electron chi connectivity index (χ4n) is 2.93. The van der Waals surface area contributed by atoms with E-state index in [0.29, 0.717) is 5.82 Å². The van der Waals surface area contributed by atoms with Gasteiger partial charge in [-0.2, -0.15) is 5.10 Å². The molecule has 0 saturated carbocycles. The van der Waals surface area contributed by atoms with Crippen LogP contribution in [0.4, 0.5) is 11.6 Å². The molecule has 4 rings (SSSR count). The minimum Gasteiger partial charge on any atom is -0.310 e. The van der Waals surface area contributed by atoms with Crippen molar-refractivity contribution in [3.05, 3.63) is 60.4 Å². The molecule has 1 unspecified atom stereocenters. The lowest BCUT2D eigenvalue weighted by Crippen LogP contribution is -2.13. The zero-order valence-electron chi connectivity index (χ0n) is 13.8. The van der Waals surface area contributed by atoms with Crippen molar-refractivity contribution in [1.29, 1.82) is 0 Å². The van der Waals surface area contributed by atoms with Crippen LogP contribution in [-0.2, 0) is 11.3 Å². The number of aliphatic imine (C=N–C) groups is 1. The number of pyridine rings is 1. The van der Waals surface area contributed by atoms with E-state index in [1.165, 1.54) is 0 Å². The Balaban J connectivity index is 1.69. The molecule has 1 aliphatic heterocycles. The second kappa shape index (κ2) is 6.32. The lowest BCUT2D eigenvalue weighted by atomic mass is 9.99. The third-order valence-electron chi connectivity index (χ3n) is 4.23. The van der Waals surface area contributed by atoms with Gasteiger partial charge in [0, 0.05) is 36.1 Å². The van der Waals surface area contributed by atoms with Crippen molar-refractivity contribution in [3.63, 3.8) is 0 Å². The molecule has 6 heteroatoms. The van der Waals surface area contributed by atoms with Crippen molar-refractivity contribution in [1.82, 2.24) is 14.8 Å². The van der Waals surface area contributed by atoms with E-state index >= 15 is 0 Å². The summed E-state index contributed by atoms with van der Waals surface area (Å²) in [6.45, 7) is 2.73. The van der Waals surface area contributed by atoms with Gasteiger partial charge in [0.15, 0.2) is 0 Å². The molecule has 25 heavy (non-hydrogen) atoms. The molecular weight excluding hydrogens is 314 g/mol. The number of benzene rings is 1. The largest absolute Gasteiger partial charge is 0.310 e. The Hall–Kier alpha value is -3.28. The Morgan fingerprint density at radius 3 is 2.88 bits per heavy atom. The lowest BCUT2D eigenvalue weighted by Gasteiger charge is -2.06. The highest BCUT2D eigenvalue weighted by Gasteiger charge is 2.30. The van der Waals surface area contributed by atoms with Gasteiger partial charge in [-0.05, 0) is 18.6 Å². The topological polar surface area (TPSA) is 72.2 Å². The summed E-state index contributed by atoms with van der Waals surface area (Å²) >= 11 is 0. The summed E-state index contributed by atoms with van der Waals surface area (Å²) in [5.74, 6) is 0.770. The summed E-state index contributed by atoms with van der Waals surface area (Å²) < 4.78 is 1.78. The van der Waals surface area contributed by atoms with Gasteiger partial charge in [-0.3, -0.25) is 4.79 Å². The molecule has 0 saturated heterocycles. The number of aryl methyl sites for hydroxylation is 1. The lowest BCUT2D eigenvalue weighted by molar-refractivity contribution is -0.115. The van der Waals surface area contributed by atoms with Gasteiger partial charge in [0.05, 0.1) is 6.20 Å². The van der Waals surface area contributed by atoms with Gasteiger partial charge in [0.2, 0.25) is 5.91 Å². The maximum absolute atomic E-state index is 12.3. The maximum Gasteiger partial charge on any atom is 0.238 e. The Labute approximate surface area is 145 Å². The first kappa shape index (κ1) is 15.3. The zero-order valence-corrected chi connectivity index (χ0v) is 13.8. The normalized spacial score (nSPS) is 16.2. The van der Waals surface area contributed by atoms with E-state index in [1.807, 2.05) is 49.4 Å². The zero-order chi connectivity index (χ0) is 17.2. The number of carbonyl (C=O) groups excluding carboxylic acids is 1. The molecule has 1 amide bonds. The molecule has 0 fully saturated rings. The standard InChI is InChI=1S/C19H17N5O/c1-2-24-17(8-9-22-24)20-12-16-15-10-14(13-6-4-3-5-7-13)11-21-18(15)23-19(16)25/h3-12,16H,2H2,1H3,(H,21,23,25). The monoisotopic (exact) mass is 331 g/mol. The van der Waals surface area contributed by atoms with Gasteiger partial charge in [0.1, 0.15) is 17.6 Å². The second-order valence-electron chi connectivity index (χ2n) is 5.78. The Morgan fingerprint density at radius 1 is 1.24 bits per heavy atom. The first-order valence-electron chi connectivity index (χ1n) is 8.18. The van der Waals surface area contributed by atoms with Crippen LogP contribution in [-0.4, -0.2) is 26.9 Å². The third kappa shape index (κ3) is 2.82. The highest BCUT2D eigenvalue weighted by molar-refractivity contribution is 6.12. The average Bonchev–Trinajstić information content (AvgIpc) is 3.23. The molecule has 3 heterocycles. The third-order valence-corrected chi connectivity index (χ3v) is 4.23. The maximum atomic E-state index is 12.3. The smallest absolute Gasteiger partial charge is 0.238 e. The number of hydrogen-bond donors (Lipinski definition) is 1. The van der Waals surface area contributed by atoms with E-state index in [4.69, 9.17) is 0 Å². The fraction of sp³-hybridized carbons (Fsp3) is 0.158. The highest BCUT2D eigenvalue weighted by atomic mass is 16.2. The Bertz CT molecular complexity index is 945. The van der Waals surface area contributed by atoms with Crippen LogP contribution < -0.4 is 5.32 Å². The summed E-state index contributed by atoms with van der Waals surface area (Å²) in [5, 5.41) is 7.01. The van der Waals surface area contributed by atoms with E-state index in [2.05, 4.69) is 20.4 Å². The summed E-state index contributed by atoms with van der Waals surface area (Å²) in [6.07, 6.45) is 5.15. The van der Waals surface area contributed by atoms with E-state index in [9.17, 15) is 4.79 Å². The minimum absolute atomic E-state index is 0.112. The fourth-order valence-corrected chi connectivity index (χ4v) is 2.93. The highest BCUT2D eigenvalue weighted by Crippen LogP contribution is 2.33.